The van der Waals surface area contributed by atoms with Crippen LogP contribution in [0.25, 0.3) is 0 Å². The molecule has 1 fully saturated rings. The minimum atomic E-state index is -0.811. The molecule has 0 radical (unpaired) electrons. The van der Waals surface area contributed by atoms with E-state index in [1.54, 1.807) is 7.11 Å². The zero-order valence-corrected chi connectivity index (χ0v) is 15.2. The van der Waals surface area contributed by atoms with Crippen LogP contribution in [-0.2, 0) is 0 Å². The summed E-state index contributed by atoms with van der Waals surface area (Å²) in [4.78, 5) is 14.5. The number of nitrogens with one attached hydrogen (secondary N) is 2. The van der Waals surface area contributed by atoms with Crippen molar-refractivity contribution in [3.8, 4) is 5.75 Å². The third kappa shape index (κ3) is 4.95. The standard InChI is InChI=1S/C20H23F2N3O2/c1-27-16-6-4-5-14(11-16)19(25-9-2-3-10-25)13-23-20(26)24-18-8-7-15(21)12-17(18)22/h4-8,11-12,19H,2-3,9-10,13H2,1H3,(H2,23,24,26). The Bertz CT molecular complexity index is 795. The molecule has 1 atom stereocenters. The van der Waals surface area contributed by atoms with Crippen LogP contribution in [0.4, 0.5) is 19.3 Å². The molecule has 0 bridgehead atoms. The SMILES string of the molecule is COc1cccc(C(CNC(=O)Nc2ccc(F)cc2F)N2CCCC2)c1. The second kappa shape index (κ2) is 8.81. The van der Waals surface area contributed by atoms with Crippen LogP contribution in [0.3, 0.4) is 0 Å². The van der Waals surface area contributed by atoms with Crippen LogP contribution in [0.15, 0.2) is 42.5 Å². The molecule has 144 valence electrons. The fourth-order valence-electron chi connectivity index (χ4n) is 3.31. The van der Waals surface area contributed by atoms with Gasteiger partial charge in [-0.2, -0.15) is 0 Å². The Morgan fingerprint density at radius 1 is 1.19 bits per heavy atom. The predicted molar refractivity (Wildman–Crippen MR) is 99.9 cm³/mol. The van der Waals surface area contributed by atoms with Crippen LogP contribution in [0.1, 0.15) is 24.4 Å². The Kier molecular flexibility index (Phi) is 6.24. The first-order valence-corrected chi connectivity index (χ1v) is 8.94. The Labute approximate surface area is 157 Å². The van der Waals surface area contributed by atoms with Gasteiger partial charge in [0.05, 0.1) is 18.8 Å². The fourth-order valence-corrected chi connectivity index (χ4v) is 3.31. The van der Waals surface area contributed by atoms with Crippen LogP contribution in [0, 0.1) is 11.6 Å². The molecule has 7 heteroatoms. The van der Waals surface area contributed by atoms with E-state index in [-0.39, 0.29) is 11.7 Å². The van der Waals surface area contributed by atoms with Crippen molar-refractivity contribution in [2.45, 2.75) is 18.9 Å². The number of carbonyl (C=O) groups is 1. The molecular weight excluding hydrogens is 352 g/mol. The summed E-state index contributed by atoms with van der Waals surface area (Å²) in [5.41, 5.74) is 0.984. The van der Waals surface area contributed by atoms with E-state index in [2.05, 4.69) is 15.5 Å². The summed E-state index contributed by atoms with van der Waals surface area (Å²) < 4.78 is 32.0. The lowest BCUT2D eigenvalue weighted by Crippen LogP contribution is -2.38. The molecule has 1 unspecified atom stereocenters. The van der Waals surface area contributed by atoms with E-state index in [1.165, 1.54) is 6.07 Å². The van der Waals surface area contributed by atoms with Gasteiger partial charge in [-0.05, 0) is 55.8 Å². The fraction of sp³-hybridized carbons (Fsp3) is 0.350. The summed E-state index contributed by atoms with van der Waals surface area (Å²) in [6, 6.07) is 10.3. The second-order valence-electron chi connectivity index (χ2n) is 6.49. The number of hydrogen-bond donors (Lipinski definition) is 2. The zero-order valence-electron chi connectivity index (χ0n) is 15.2. The summed E-state index contributed by atoms with van der Waals surface area (Å²) >= 11 is 0. The minimum absolute atomic E-state index is 0.00795. The third-order valence-electron chi connectivity index (χ3n) is 4.70. The number of rotatable bonds is 6. The molecule has 1 saturated heterocycles. The summed E-state index contributed by atoms with van der Waals surface area (Å²) in [5.74, 6) is -0.742. The highest BCUT2D eigenvalue weighted by molar-refractivity contribution is 5.89. The lowest BCUT2D eigenvalue weighted by molar-refractivity contribution is 0.227. The molecule has 5 nitrogen and oxygen atoms in total. The Hall–Kier alpha value is -2.67. The molecule has 2 aromatic carbocycles. The Balaban J connectivity index is 1.67. The zero-order chi connectivity index (χ0) is 19.2. The number of nitrogens with zero attached hydrogens (tertiary/aromatic N) is 1. The maximum atomic E-state index is 13.7. The quantitative estimate of drug-likeness (QED) is 0.804. The first-order chi connectivity index (χ1) is 13.1. The van der Waals surface area contributed by atoms with Gasteiger partial charge < -0.3 is 15.4 Å². The number of amides is 2. The van der Waals surface area contributed by atoms with E-state index in [0.717, 1.165) is 49.4 Å². The average molecular weight is 375 g/mol. The molecule has 0 aromatic heterocycles. The predicted octanol–water partition coefficient (Wildman–Crippen LogP) is 3.93. The monoisotopic (exact) mass is 375 g/mol. The normalized spacial score (nSPS) is 15.4. The van der Waals surface area contributed by atoms with E-state index >= 15 is 0 Å². The number of urea groups is 1. The molecule has 0 aliphatic carbocycles. The number of ether oxygens (including phenoxy) is 1. The van der Waals surface area contributed by atoms with Crippen LogP contribution >= 0.6 is 0 Å². The molecular formula is C20H23F2N3O2. The first kappa shape index (κ1) is 19.1. The molecule has 1 heterocycles. The van der Waals surface area contributed by atoms with Gasteiger partial charge in [0.2, 0.25) is 0 Å². The van der Waals surface area contributed by atoms with Crippen LogP contribution in [0.5, 0.6) is 5.75 Å². The molecule has 0 saturated carbocycles. The molecule has 27 heavy (non-hydrogen) atoms. The molecule has 3 rings (SSSR count). The summed E-state index contributed by atoms with van der Waals surface area (Å²) in [5, 5.41) is 5.22. The lowest BCUT2D eigenvalue weighted by Gasteiger charge is -2.28. The highest BCUT2D eigenvalue weighted by Gasteiger charge is 2.24. The number of benzene rings is 2. The summed E-state index contributed by atoms with van der Waals surface area (Å²) in [7, 11) is 1.62. The van der Waals surface area contributed by atoms with Gasteiger partial charge in [-0.15, -0.1) is 0 Å². The summed E-state index contributed by atoms with van der Waals surface area (Å²) in [6.07, 6.45) is 2.24. The number of likely N-dealkylation sites (tertiary alicyclic amines) is 1. The van der Waals surface area contributed by atoms with Crippen molar-refractivity contribution >= 4 is 11.7 Å². The Morgan fingerprint density at radius 3 is 2.67 bits per heavy atom. The van der Waals surface area contributed by atoms with Crippen molar-refractivity contribution in [2.24, 2.45) is 0 Å². The average Bonchev–Trinajstić information content (AvgIpc) is 3.19. The molecule has 0 spiro atoms. The lowest BCUT2D eigenvalue weighted by atomic mass is 10.1. The van der Waals surface area contributed by atoms with Gasteiger partial charge in [0, 0.05) is 12.6 Å². The van der Waals surface area contributed by atoms with Gasteiger partial charge in [-0.1, -0.05) is 12.1 Å². The first-order valence-electron chi connectivity index (χ1n) is 8.94. The van der Waals surface area contributed by atoms with E-state index in [4.69, 9.17) is 4.74 Å². The van der Waals surface area contributed by atoms with Crippen molar-refractivity contribution in [1.82, 2.24) is 10.2 Å². The second-order valence-corrected chi connectivity index (χ2v) is 6.49. The van der Waals surface area contributed by atoms with Gasteiger partial charge >= 0.3 is 6.03 Å². The van der Waals surface area contributed by atoms with E-state index < -0.39 is 17.7 Å². The van der Waals surface area contributed by atoms with Gasteiger partial charge in [0.25, 0.3) is 0 Å². The Morgan fingerprint density at radius 2 is 1.96 bits per heavy atom. The van der Waals surface area contributed by atoms with Crippen molar-refractivity contribution < 1.29 is 18.3 Å². The van der Waals surface area contributed by atoms with Gasteiger partial charge in [-0.3, -0.25) is 4.90 Å². The largest absolute Gasteiger partial charge is 0.497 e. The molecule has 1 aliphatic heterocycles. The topological polar surface area (TPSA) is 53.6 Å². The highest BCUT2D eigenvalue weighted by atomic mass is 19.1. The summed E-state index contributed by atoms with van der Waals surface area (Å²) in [6.45, 7) is 2.28. The third-order valence-corrected chi connectivity index (χ3v) is 4.70. The van der Waals surface area contributed by atoms with Crippen LogP contribution in [-0.4, -0.2) is 37.7 Å². The number of anilines is 1. The maximum absolute atomic E-state index is 13.7. The number of hydrogen-bond acceptors (Lipinski definition) is 3. The molecule has 2 aromatic rings. The van der Waals surface area contributed by atoms with Crippen molar-refractivity contribution in [2.75, 3.05) is 32.1 Å². The van der Waals surface area contributed by atoms with Crippen molar-refractivity contribution in [3.05, 3.63) is 59.7 Å². The van der Waals surface area contributed by atoms with Gasteiger partial charge in [0.15, 0.2) is 0 Å². The molecule has 1 aliphatic rings. The van der Waals surface area contributed by atoms with Crippen molar-refractivity contribution in [1.29, 1.82) is 0 Å². The van der Waals surface area contributed by atoms with Gasteiger partial charge in [0.1, 0.15) is 17.4 Å². The van der Waals surface area contributed by atoms with Crippen LogP contribution in [0.2, 0.25) is 0 Å². The molecule has 2 N–H and O–H groups in total. The van der Waals surface area contributed by atoms with Crippen LogP contribution < -0.4 is 15.4 Å². The number of methoxy groups -OCH3 is 1. The maximum Gasteiger partial charge on any atom is 0.319 e. The van der Waals surface area contributed by atoms with E-state index in [0.29, 0.717) is 6.54 Å². The van der Waals surface area contributed by atoms with Gasteiger partial charge in [-0.25, -0.2) is 13.6 Å². The highest BCUT2D eigenvalue weighted by Crippen LogP contribution is 2.27. The minimum Gasteiger partial charge on any atom is -0.497 e. The van der Waals surface area contributed by atoms with E-state index in [1.807, 2.05) is 24.3 Å². The smallest absolute Gasteiger partial charge is 0.319 e. The van der Waals surface area contributed by atoms with Crippen molar-refractivity contribution in [3.63, 3.8) is 0 Å². The molecule has 2 amide bonds. The van der Waals surface area contributed by atoms with E-state index in [9.17, 15) is 13.6 Å². The number of carbonyl (C=O) groups excluding carboxylic acids is 1. The number of halogens is 2.